The largest absolute Gasteiger partial charge is 0.453 e. The zero-order valence-corrected chi connectivity index (χ0v) is 9.22. The van der Waals surface area contributed by atoms with Gasteiger partial charge in [0, 0.05) is 5.39 Å². The van der Waals surface area contributed by atoms with Crippen molar-refractivity contribution in [2.75, 3.05) is 19.8 Å². The summed E-state index contributed by atoms with van der Waals surface area (Å²) in [5, 5.41) is 0.933. The van der Waals surface area contributed by atoms with Crippen LogP contribution in [0.2, 0.25) is 0 Å². The number of Topliss-reactive ketones (excluding diaryl/α,β-unsaturated/α-hetero) is 1. The van der Waals surface area contributed by atoms with Crippen molar-refractivity contribution >= 4 is 16.8 Å². The van der Waals surface area contributed by atoms with Crippen molar-refractivity contribution in [2.45, 2.75) is 6.10 Å². The van der Waals surface area contributed by atoms with Crippen LogP contribution in [0, 0.1) is 0 Å². The first-order chi connectivity index (χ1) is 8.33. The average Bonchev–Trinajstić information content (AvgIpc) is 2.70. The van der Waals surface area contributed by atoms with Crippen LogP contribution in [0.15, 0.2) is 34.7 Å². The Morgan fingerprint density at radius 2 is 2.18 bits per heavy atom. The highest BCUT2D eigenvalue weighted by atomic mass is 16.6. The molecule has 3 rings (SSSR count). The number of furan rings is 1. The fourth-order valence-corrected chi connectivity index (χ4v) is 1.69. The number of rotatable bonds is 4. The van der Waals surface area contributed by atoms with Crippen molar-refractivity contribution in [1.82, 2.24) is 0 Å². The molecule has 0 radical (unpaired) electrons. The zero-order chi connectivity index (χ0) is 11.7. The van der Waals surface area contributed by atoms with Gasteiger partial charge in [0.05, 0.1) is 13.2 Å². The van der Waals surface area contributed by atoms with Crippen LogP contribution in [0.1, 0.15) is 10.6 Å². The number of ether oxygens (including phenoxy) is 2. The topological polar surface area (TPSA) is 48.7 Å². The van der Waals surface area contributed by atoms with E-state index in [0.29, 0.717) is 19.0 Å². The van der Waals surface area contributed by atoms with Crippen LogP contribution in [0.3, 0.4) is 0 Å². The molecule has 2 aromatic rings. The van der Waals surface area contributed by atoms with Gasteiger partial charge < -0.3 is 13.9 Å². The summed E-state index contributed by atoms with van der Waals surface area (Å²) in [6, 6.07) is 9.29. The van der Waals surface area contributed by atoms with Gasteiger partial charge in [0.2, 0.25) is 5.78 Å². The van der Waals surface area contributed by atoms with Gasteiger partial charge in [0.1, 0.15) is 18.3 Å². The third kappa shape index (κ3) is 2.09. The van der Waals surface area contributed by atoms with E-state index in [2.05, 4.69) is 0 Å². The van der Waals surface area contributed by atoms with Crippen LogP contribution >= 0.6 is 0 Å². The Bertz CT molecular complexity index is 506. The Morgan fingerprint density at radius 3 is 2.88 bits per heavy atom. The van der Waals surface area contributed by atoms with E-state index in [4.69, 9.17) is 13.9 Å². The Kier molecular flexibility index (Phi) is 2.66. The first-order valence-corrected chi connectivity index (χ1v) is 5.54. The van der Waals surface area contributed by atoms with E-state index < -0.39 is 0 Å². The minimum Gasteiger partial charge on any atom is -0.453 e. The first-order valence-electron chi connectivity index (χ1n) is 5.54. The molecule has 0 saturated carbocycles. The summed E-state index contributed by atoms with van der Waals surface area (Å²) in [4.78, 5) is 11.8. The molecule has 1 aliphatic heterocycles. The van der Waals surface area contributed by atoms with E-state index >= 15 is 0 Å². The number of para-hydroxylation sites is 1. The average molecular weight is 232 g/mol. The summed E-state index contributed by atoms with van der Waals surface area (Å²) in [5.74, 6) is 0.222. The highest BCUT2D eigenvalue weighted by molar-refractivity contribution is 5.98. The zero-order valence-electron chi connectivity index (χ0n) is 9.22. The number of ketones is 1. The Balaban J connectivity index is 1.71. The van der Waals surface area contributed by atoms with Crippen molar-refractivity contribution in [3.8, 4) is 0 Å². The predicted octanol–water partition coefficient (Wildman–Crippen LogP) is 2.03. The smallest absolute Gasteiger partial charge is 0.223 e. The lowest BCUT2D eigenvalue weighted by Gasteiger charge is -2.25. The molecule has 0 N–H and O–H groups in total. The lowest BCUT2D eigenvalue weighted by molar-refractivity contribution is -0.123. The second-order valence-electron chi connectivity index (χ2n) is 4.04. The third-order valence-corrected chi connectivity index (χ3v) is 2.76. The lowest BCUT2D eigenvalue weighted by Crippen LogP contribution is -2.37. The van der Waals surface area contributed by atoms with Gasteiger partial charge in [-0.1, -0.05) is 18.2 Å². The van der Waals surface area contributed by atoms with Crippen LogP contribution in [-0.4, -0.2) is 31.7 Å². The van der Waals surface area contributed by atoms with Crippen LogP contribution in [0.5, 0.6) is 0 Å². The van der Waals surface area contributed by atoms with Crippen molar-refractivity contribution < 1.29 is 18.7 Å². The molecule has 0 unspecified atom stereocenters. The molecule has 0 atom stereocenters. The number of carbonyl (C=O) groups is 1. The van der Waals surface area contributed by atoms with E-state index in [1.165, 1.54) is 0 Å². The van der Waals surface area contributed by atoms with Crippen LogP contribution in [0.25, 0.3) is 11.0 Å². The predicted molar refractivity (Wildman–Crippen MR) is 61.1 cm³/mol. The Hall–Kier alpha value is -1.65. The summed E-state index contributed by atoms with van der Waals surface area (Å²) in [6.07, 6.45) is 0.0586. The third-order valence-electron chi connectivity index (χ3n) is 2.76. The molecule has 0 aliphatic carbocycles. The molecular formula is C13H12O4. The molecule has 2 heterocycles. The molecule has 4 nitrogen and oxygen atoms in total. The second-order valence-corrected chi connectivity index (χ2v) is 4.04. The fourth-order valence-electron chi connectivity index (χ4n) is 1.69. The molecule has 17 heavy (non-hydrogen) atoms. The lowest BCUT2D eigenvalue weighted by atomic mass is 10.2. The van der Waals surface area contributed by atoms with Crippen molar-refractivity contribution in [3.05, 3.63) is 36.1 Å². The summed E-state index contributed by atoms with van der Waals surface area (Å²) in [6.45, 7) is 1.20. The van der Waals surface area contributed by atoms with Crippen molar-refractivity contribution in [1.29, 1.82) is 0 Å². The molecule has 0 spiro atoms. The summed E-state index contributed by atoms with van der Waals surface area (Å²) < 4.78 is 15.8. The minimum atomic E-state index is -0.131. The number of fused-ring (bicyclic) bond motifs is 1. The number of benzene rings is 1. The second kappa shape index (κ2) is 4.31. The van der Waals surface area contributed by atoms with Crippen LogP contribution < -0.4 is 0 Å². The minimum absolute atomic E-state index is 0.0495. The Morgan fingerprint density at radius 1 is 1.35 bits per heavy atom. The van der Waals surface area contributed by atoms with Gasteiger partial charge >= 0.3 is 0 Å². The number of carbonyl (C=O) groups excluding carboxylic acids is 1. The quantitative estimate of drug-likeness (QED) is 0.757. The maximum atomic E-state index is 11.8. The van der Waals surface area contributed by atoms with Gasteiger partial charge in [-0.25, -0.2) is 0 Å². The highest BCUT2D eigenvalue weighted by Gasteiger charge is 2.21. The summed E-state index contributed by atoms with van der Waals surface area (Å²) in [7, 11) is 0. The molecule has 4 heteroatoms. The maximum absolute atomic E-state index is 11.8. The van der Waals surface area contributed by atoms with Gasteiger partial charge in [0.25, 0.3) is 0 Å². The SMILES string of the molecule is O=C(COC1COC1)c1cc2ccccc2o1. The Labute approximate surface area is 98.1 Å². The van der Waals surface area contributed by atoms with Crippen molar-refractivity contribution in [3.63, 3.8) is 0 Å². The normalized spacial score (nSPS) is 16.0. The summed E-state index contributed by atoms with van der Waals surface area (Å²) >= 11 is 0. The molecule has 88 valence electrons. The van der Waals surface area contributed by atoms with E-state index in [9.17, 15) is 4.79 Å². The number of hydrogen-bond donors (Lipinski definition) is 0. The molecule has 1 fully saturated rings. The van der Waals surface area contributed by atoms with Gasteiger partial charge in [-0.3, -0.25) is 4.79 Å². The van der Waals surface area contributed by atoms with E-state index in [0.717, 1.165) is 11.0 Å². The van der Waals surface area contributed by atoms with E-state index in [1.807, 2.05) is 24.3 Å². The number of hydrogen-bond acceptors (Lipinski definition) is 4. The monoisotopic (exact) mass is 232 g/mol. The molecule has 1 aromatic heterocycles. The fraction of sp³-hybridized carbons (Fsp3) is 0.308. The maximum Gasteiger partial charge on any atom is 0.223 e. The van der Waals surface area contributed by atoms with E-state index in [1.54, 1.807) is 6.07 Å². The van der Waals surface area contributed by atoms with Crippen LogP contribution in [-0.2, 0) is 9.47 Å². The van der Waals surface area contributed by atoms with Crippen LogP contribution in [0.4, 0.5) is 0 Å². The van der Waals surface area contributed by atoms with Gasteiger partial charge in [-0.05, 0) is 12.1 Å². The van der Waals surface area contributed by atoms with Crippen molar-refractivity contribution in [2.24, 2.45) is 0 Å². The molecule has 1 saturated heterocycles. The molecule has 1 aliphatic rings. The molecule has 1 aromatic carbocycles. The van der Waals surface area contributed by atoms with Gasteiger partial charge in [-0.15, -0.1) is 0 Å². The van der Waals surface area contributed by atoms with Gasteiger partial charge in [0.15, 0.2) is 5.76 Å². The van der Waals surface area contributed by atoms with Gasteiger partial charge in [-0.2, -0.15) is 0 Å². The molecule has 0 amide bonds. The highest BCUT2D eigenvalue weighted by Crippen LogP contribution is 2.19. The summed E-state index contributed by atoms with van der Waals surface area (Å²) in [5.41, 5.74) is 0.725. The van der Waals surface area contributed by atoms with E-state index in [-0.39, 0.29) is 18.5 Å². The standard InChI is InChI=1S/C13H12O4/c14-11(8-16-10-6-15-7-10)13-5-9-3-1-2-4-12(9)17-13/h1-5,10H,6-8H2. The molecule has 0 bridgehead atoms. The molecular weight excluding hydrogens is 220 g/mol. The first kappa shape index (κ1) is 10.5.